The molecule has 0 atom stereocenters. The second-order valence-corrected chi connectivity index (χ2v) is 7.18. The van der Waals surface area contributed by atoms with Crippen LogP contribution in [0.5, 0.6) is 0 Å². The maximum atomic E-state index is 4.39. The van der Waals surface area contributed by atoms with Crippen molar-refractivity contribution in [2.75, 3.05) is 29.9 Å². The predicted octanol–water partition coefficient (Wildman–Crippen LogP) is 2.48. The Morgan fingerprint density at radius 2 is 2.08 bits per heavy atom. The van der Waals surface area contributed by atoms with Crippen LogP contribution in [0.4, 0.5) is 11.6 Å². The number of aryl methyl sites for hydroxylation is 1. The van der Waals surface area contributed by atoms with Gasteiger partial charge in [-0.15, -0.1) is 5.10 Å². The minimum absolute atomic E-state index is 0.589. The SMILES string of the molecule is Cc1cc2ncnc(NCC3CN(c4ccc(C5CC5)nn4)C3)c2[nH]1. The maximum Gasteiger partial charge on any atom is 0.153 e. The molecule has 1 aliphatic carbocycles. The fourth-order valence-corrected chi connectivity index (χ4v) is 3.43. The lowest BCUT2D eigenvalue weighted by molar-refractivity contribution is 0.425. The highest BCUT2D eigenvalue weighted by molar-refractivity contribution is 5.86. The van der Waals surface area contributed by atoms with Gasteiger partial charge >= 0.3 is 0 Å². The van der Waals surface area contributed by atoms with E-state index >= 15 is 0 Å². The second kappa shape index (κ2) is 5.68. The van der Waals surface area contributed by atoms with E-state index in [1.165, 1.54) is 12.8 Å². The molecule has 7 heteroatoms. The van der Waals surface area contributed by atoms with Crippen molar-refractivity contribution in [3.63, 3.8) is 0 Å². The molecule has 1 aliphatic heterocycles. The summed E-state index contributed by atoms with van der Waals surface area (Å²) in [6, 6.07) is 6.29. The summed E-state index contributed by atoms with van der Waals surface area (Å²) in [6.07, 6.45) is 4.15. The van der Waals surface area contributed by atoms with Crippen molar-refractivity contribution in [1.82, 2.24) is 25.1 Å². The molecule has 0 aromatic carbocycles. The summed E-state index contributed by atoms with van der Waals surface area (Å²) in [7, 11) is 0. The lowest BCUT2D eigenvalue weighted by Crippen LogP contribution is -2.50. The molecule has 3 aromatic rings. The van der Waals surface area contributed by atoms with Gasteiger partial charge in [-0.2, -0.15) is 5.10 Å². The van der Waals surface area contributed by atoms with Crippen LogP contribution in [0, 0.1) is 12.8 Å². The first-order valence-electron chi connectivity index (χ1n) is 8.89. The molecule has 1 saturated heterocycles. The van der Waals surface area contributed by atoms with E-state index in [-0.39, 0.29) is 0 Å². The second-order valence-electron chi connectivity index (χ2n) is 7.18. The summed E-state index contributed by atoms with van der Waals surface area (Å²) in [5.41, 5.74) is 4.19. The van der Waals surface area contributed by atoms with E-state index in [2.05, 4.69) is 47.5 Å². The van der Waals surface area contributed by atoms with Crippen LogP contribution in [0.15, 0.2) is 24.5 Å². The van der Waals surface area contributed by atoms with Crippen LogP contribution < -0.4 is 10.2 Å². The Balaban J connectivity index is 1.18. The van der Waals surface area contributed by atoms with E-state index in [0.717, 1.165) is 53.7 Å². The number of aromatic amines is 1. The van der Waals surface area contributed by atoms with Gasteiger partial charge in [0.25, 0.3) is 0 Å². The first kappa shape index (κ1) is 14.6. The van der Waals surface area contributed by atoms with Crippen molar-refractivity contribution >= 4 is 22.7 Å². The lowest BCUT2D eigenvalue weighted by Gasteiger charge is -2.40. The molecule has 3 aromatic heterocycles. The van der Waals surface area contributed by atoms with Crippen LogP contribution in [-0.2, 0) is 0 Å². The van der Waals surface area contributed by atoms with Gasteiger partial charge in [0.1, 0.15) is 11.8 Å². The van der Waals surface area contributed by atoms with Crippen LogP contribution in [0.3, 0.4) is 0 Å². The molecule has 7 nitrogen and oxygen atoms in total. The molecule has 5 rings (SSSR count). The van der Waals surface area contributed by atoms with E-state index in [1.807, 2.05) is 13.0 Å². The van der Waals surface area contributed by atoms with Crippen molar-refractivity contribution in [2.24, 2.45) is 5.92 Å². The fraction of sp³-hybridized carbons (Fsp3) is 0.444. The third kappa shape index (κ3) is 2.79. The Bertz CT molecular complexity index is 891. The van der Waals surface area contributed by atoms with E-state index in [9.17, 15) is 0 Å². The molecular formula is C18H21N7. The van der Waals surface area contributed by atoms with Crippen molar-refractivity contribution in [1.29, 1.82) is 0 Å². The number of anilines is 2. The van der Waals surface area contributed by atoms with Gasteiger partial charge in [-0.25, -0.2) is 9.97 Å². The highest BCUT2D eigenvalue weighted by atomic mass is 15.3. The topological polar surface area (TPSA) is 82.6 Å². The molecule has 0 unspecified atom stereocenters. The zero-order chi connectivity index (χ0) is 16.8. The zero-order valence-corrected chi connectivity index (χ0v) is 14.2. The average molecular weight is 335 g/mol. The van der Waals surface area contributed by atoms with Gasteiger partial charge in [-0.3, -0.25) is 0 Å². The van der Waals surface area contributed by atoms with E-state index in [1.54, 1.807) is 6.33 Å². The summed E-state index contributed by atoms with van der Waals surface area (Å²) >= 11 is 0. The molecule has 0 amide bonds. The molecule has 2 aliphatic rings. The third-order valence-electron chi connectivity index (χ3n) is 5.06. The van der Waals surface area contributed by atoms with Crippen LogP contribution in [-0.4, -0.2) is 44.8 Å². The number of hydrogen-bond donors (Lipinski definition) is 2. The number of H-pyrrole nitrogens is 1. The number of aromatic nitrogens is 5. The van der Waals surface area contributed by atoms with Crippen molar-refractivity contribution in [3.05, 3.63) is 35.9 Å². The number of nitrogens with one attached hydrogen (secondary N) is 2. The van der Waals surface area contributed by atoms with Crippen molar-refractivity contribution in [3.8, 4) is 0 Å². The minimum atomic E-state index is 0.589. The summed E-state index contributed by atoms with van der Waals surface area (Å²) in [4.78, 5) is 14.3. The van der Waals surface area contributed by atoms with Crippen LogP contribution in [0.1, 0.15) is 30.1 Å². The van der Waals surface area contributed by atoms with E-state index in [4.69, 9.17) is 0 Å². The third-order valence-corrected chi connectivity index (χ3v) is 5.06. The Hall–Kier alpha value is -2.70. The first-order chi connectivity index (χ1) is 12.3. The van der Waals surface area contributed by atoms with Gasteiger partial charge in [0.15, 0.2) is 11.6 Å². The van der Waals surface area contributed by atoms with Gasteiger partial charge in [0, 0.05) is 37.2 Å². The number of rotatable bonds is 5. The molecule has 25 heavy (non-hydrogen) atoms. The number of nitrogens with zero attached hydrogens (tertiary/aromatic N) is 5. The first-order valence-corrected chi connectivity index (χ1v) is 8.89. The summed E-state index contributed by atoms with van der Waals surface area (Å²) < 4.78 is 0. The highest BCUT2D eigenvalue weighted by Crippen LogP contribution is 2.39. The van der Waals surface area contributed by atoms with Crippen LogP contribution in [0.2, 0.25) is 0 Å². The van der Waals surface area contributed by atoms with E-state index in [0.29, 0.717) is 11.8 Å². The zero-order valence-electron chi connectivity index (χ0n) is 14.2. The van der Waals surface area contributed by atoms with E-state index < -0.39 is 0 Å². The number of fused-ring (bicyclic) bond motifs is 1. The fourth-order valence-electron chi connectivity index (χ4n) is 3.43. The standard InChI is InChI=1S/C18H21N7/c1-11-6-15-17(22-11)18(21-10-20-15)19-7-12-8-25(9-12)16-5-4-14(23-24-16)13-2-3-13/h4-6,10,12-13,22H,2-3,7-9H2,1H3,(H,19,20,21). The Morgan fingerprint density at radius 1 is 1.20 bits per heavy atom. The Morgan fingerprint density at radius 3 is 2.84 bits per heavy atom. The molecular weight excluding hydrogens is 314 g/mol. The van der Waals surface area contributed by atoms with Gasteiger partial charge in [-0.1, -0.05) is 0 Å². The van der Waals surface area contributed by atoms with Crippen molar-refractivity contribution < 1.29 is 0 Å². The molecule has 1 saturated carbocycles. The molecule has 2 N–H and O–H groups in total. The Kier molecular flexibility index (Phi) is 3.33. The molecule has 2 fully saturated rings. The van der Waals surface area contributed by atoms with Gasteiger partial charge in [0.2, 0.25) is 0 Å². The minimum Gasteiger partial charge on any atom is -0.368 e. The molecule has 0 spiro atoms. The molecule has 0 radical (unpaired) electrons. The highest BCUT2D eigenvalue weighted by Gasteiger charge is 2.29. The molecule has 4 heterocycles. The monoisotopic (exact) mass is 335 g/mol. The molecule has 128 valence electrons. The summed E-state index contributed by atoms with van der Waals surface area (Å²) in [5, 5.41) is 12.2. The van der Waals surface area contributed by atoms with Crippen LogP contribution >= 0.6 is 0 Å². The summed E-state index contributed by atoms with van der Waals surface area (Å²) in [6.45, 7) is 4.93. The van der Waals surface area contributed by atoms with Crippen LogP contribution in [0.25, 0.3) is 11.0 Å². The van der Waals surface area contributed by atoms with Gasteiger partial charge in [0.05, 0.1) is 11.2 Å². The largest absolute Gasteiger partial charge is 0.368 e. The maximum absolute atomic E-state index is 4.39. The quantitative estimate of drug-likeness (QED) is 0.745. The van der Waals surface area contributed by atoms with Gasteiger partial charge < -0.3 is 15.2 Å². The Labute approximate surface area is 145 Å². The normalized spacial score (nSPS) is 17.7. The summed E-state index contributed by atoms with van der Waals surface area (Å²) in [5.74, 6) is 3.12. The van der Waals surface area contributed by atoms with Crippen molar-refractivity contribution in [2.45, 2.75) is 25.7 Å². The molecule has 0 bridgehead atoms. The predicted molar refractivity (Wildman–Crippen MR) is 96.8 cm³/mol. The van der Waals surface area contributed by atoms with Gasteiger partial charge in [-0.05, 0) is 38.0 Å². The lowest BCUT2D eigenvalue weighted by atomic mass is 10.0. The number of hydrogen-bond acceptors (Lipinski definition) is 6. The average Bonchev–Trinajstić information content (AvgIpc) is 3.35. The smallest absolute Gasteiger partial charge is 0.153 e.